The Bertz CT molecular complexity index is 707. The summed E-state index contributed by atoms with van der Waals surface area (Å²) in [7, 11) is 1.42. The average molecular weight is 382 g/mol. The molecule has 0 radical (unpaired) electrons. The molecule has 0 bridgehead atoms. The molecule has 1 heterocycles. The van der Waals surface area contributed by atoms with E-state index >= 15 is 0 Å². The van der Waals surface area contributed by atoms with Crippen LogP contribution in [0.4, 0.5) is 5.69 Å². The first-order valence-electron chi connectivity index (χ1n) is 7.42. The first kappa shape index (κ1) is 19.1. The van der Waals surface area contributed by atoms with Crippen LogP contribution in [0.3, 0.4) is 0 Å². The predicted molar refractivity (Wildman–Crippen MR) is 98.6 cm³/mol. The molecule has 7 nitrogen and oxygen atoms in total. The molecule has 2 aromatic rings. The molecule has 134 valence electrons. The third-order valence-electron chi connectivity index (χ3n) is 3.11. The third-order valence-corrected chi connectivity index (χ3v) is 5.18. The van der Waals surface area contributed by atoms with Crippen molar-refractivity contribution in [2.24, 2.45) is 0 Å². The van der Waals surface area contributed by atoms with E-state index in [2.05, 4.69) is 11.4 Å². The average Bonchev–Trinajstić information content (AvgIpc) is 3.12. The molecule has 0 aliphatic carbocycles. The Balaban J connectivity index is 1.71. The number of nitro groups is 1. The van der Waals surface area contributed by atoms with Gasteiger partial charge in [-0.1, -0.05) is 6.07 Å². The van der Waals surface area contributed by atoms with E-state index in [1.165, 1.54) is 24.1 Å². The lowest BCUT2D eigenvalue weighted by molar-refractivity contribution is -0.385. The molecule has 25 heavy (non-hydrogen) atoms. The number of benzene rings is 1. The van der Waals surface area contributed by atoms with Crippen molar-refractivity contribution in [2.75, 3.05) is 26.0 Å². The SMILES string of the molecule is COc1ccc(OCC(=O)NCCSCc2cccs2)c([N+](=O)[O-])c1. The number of ether oxygens (including phenoxy) is 2. The van der Waals surface area contributed by atoms with Crippen LogP contribution in [0.2, 0.25) is 0 Å². The van der Waals surface area contributed by atoms with Crippen molar-refractivity contribution in [2.45, 2.75) is 5.75 Å². The highest BCUT2D eigenvalue weighted by Crippen LogP contribution is 2.30. The molecule has 0 spiro atoms. The monoisotopic (exact) mass is 382 g/mol. The molecular weight excluding hydrogens is 364 g/mol. The molecule has 0 fully saturated rings. The van der Waals surface area contributed by atoms with Crippen LogP contribution in [0.15, 0.2) is 35.7 Å². The number of carbonyl (C=O) groups excluding carboxylic acids is 1. The first-order chi connectivity index (χ1) is 12.1. The van der Waals surface area contributed by atoms with Crippen LogP contribution in [0.1, 0.15) is 4.88 Å². The normalized spacial score (nSPS) is 10.3. The number of thioether (sulfide) groups is 1. The Morgan fingerprint density at radius 1 is 1.40 bits per heavy atom. The summed E-state index contributed by atoms with van der Waals surface area (Å²) in [6.45, 7) is 0.242. The topological polar surface area (TPSA) is 90.7 Å². The van der Waals surface area contributed by atoms with Gasteiger partial charge in [-0.05, 0) is 23.6 Å². The zero-order valence-electron chi connectivity index (χ0n) is 13.6. The van der Waals surface area contributed by atoms with E-state index in [-0.39, 0.29) is 24.0 Å². The summed E-state index contributed by atoms with van der Waals surface area (Å²) in [6, 6.07) is 8.31. The number of thiophene rings is 1. The summed E-state index contributed by atoms with van der Waals surface area (Å²) in [4.78, 5) is 23.5. The van der Waals surface area contributed by atoms with E-state index in [9.17, 15) is 14.9 Å². The highest BCUT2D eigenvalue weighted by Gasteiger charge is 2.17. The van der Waals surface area contributed by atoms with Gasteiger partial charge in [0.1, 0.15) is 5.75 Å². The van der Waals surface area contributed by atoms with Crippen molar-refractivity contribution in [3.05, 3.63) is 50.7 Å². The molecule has 0 saturated heterocycles. The summed E-state index contributed by atoms with van der Waals surface area (Å²) in [5, 5.41) is 15.8. The Hall–Kier alpha value is -2.26. The first-order valence-corrected chi connectivity index (χ1v) is 9.45. The number of nitro benzene ring substituents is 1. The van der Waals surface area contributed by atoms with E-state index in [1.54, 1.807) is 29.2 Å². The van der Waals surface area contributed by atoms with Gasteiger partial charge in [-0.25, -0.2) is 0 Å². The number of hydrogen-bond donors (Lipinski definition) is 1. The molecule has 0 unspecified atom stereocenters. The Kier molecular flexibility index (Phi) is 7.55. The fourth-order valence-electron chi connectivity index (χ4n) is 1.91. The maximum Gasteiger partial charge on any atom is 0.314 e. The molecule has 0 saturated carbocycles. The van der Waals surface area contributed by atoms with Gasteiger partial charge in [-0.15, -0.1) is 11.3 Å². The van der Waals surface area contributed by atoms with Gasteiger partial charge < -0.3 is 14.8 Å². The van der Waals surface area contributed by atoms with E-state index in [1.807, 2.05) is 11.4 Å². The number of carbonyl (C=O) groups is 1. The van der Waals surface area contributed by atoms with Crippen LogP contribution in [-0.2, 0) is 10.5 Å². The van der Waals surface area contributed by atoms with Gasteiger partial charge in [0.05, 0.1) is 18.1 Å². The maximum atomic E-state index is 11.8. The lowest BCUT2D eigenvalue weighted by atomic mass is 10.3. The largest absolute Gasteiger partial charge is 0.496 e. The van der Waals surface area contributed by atoms with Crippen LogP contribution >= 0.6 is 23.1 Å². The lowest BCUT2D eigenvalue weighted by Gasteiger charge is -2.08. The molecule has 1 aromatic heterocycles. The van der Waals surface area contributed by atoms with Crippen LogP contribution in [-0.4, -0.2) is 36.8 Å². The van der Waals surface area contributed by atoms with E-state index < -0.39 is 4.92 Å². The van der Waals surface area contributed by atoms with Gasteiger partial charge in [0.25, 0.3) is 5.91 Å². The molecule has 9 heteroatoms. The molecule has 1 aromatic carbocycles. The lowest BCUT2D eigenvalue weighted by Crippen LogP contribution is -2.30. The highest BCUT2D eigenvalue weighted by atomic mass is 32.2. The minimum absolute atomic E-state index is 0.0352. The van der Waals surface area contributed by atoms with Gasteiger partial charge in [-0.3, -0.25) is 14.9 Å². The number of methoxy groups -OCH3 is 1. The summed E-state index contributed by atoms with van der Waals surface area (Å²) in [5.74, 6) is 1.77. The number of hydrogen-bond acceptors (Lipinski definition) is 7. The van der Waals surface area contributed by atoms with Crippen molar-refractivity contribution >= 4 is 34.7 Å². The van der Waals surface area contributed by atoms with Gasteiger partial charge in [0, 0.05) is 22.9 Å². The second-order valence-corrected chi connectivity index (χ2v) is 7.00. The second-order valence-electron chi connectivity index (χ2n) is 4.86. The zero-order chi connectivity index (χ0) is 18.1. The van der Waals surface area contributed by atoms with Crippen molar-refractivity contribution < 1.29 is 19.2 Å². The van der Waals surface area contributed by atoms with Gasteiger partial charge in [-0.2, -0.15) is 11.8 Å². The minimum atomic E-state index is -0.572. The Morgan fingerprint density at radius 3 is 2.92 bits per heavy atom. The van der Waals surface area contributed by atoms with Crippen molar-refractivity contribution in [3.8, 4) is 11.5 Å². The number of amides is 1. The minimum Gasteiger partial charge on any atom is -0.496 e. The smallest absolute Gasteiger partial charge is 0.314 e. The number of nitrogens with one attached hydrogen (secondary N) is 1. The standard InChI is InChI=1S/C16H18N2O5S2/c1-22-12-4-5-15(14(9-12)18(20)21)23-10-16(19)17-6-8-24-11-13-3-2-7-25-13/h2-5,7,9H,6,8,10-11H2,1H3,(H,17,19). The summed E-state index contributed by atoms with van der Waals surface area (Å²) < 4.78 is 10.2. The summed E-state index contributed by atoms with van der Waals surface area (Å²) >= 11 is 3.44. The zero-order valence-corrected chi connectivity index (χ0v) is 15.2. The van der Waals surface area contributed by atoms with Crippen molar-refractivity contribution in [1.82, 2.24) is 5.32 Å². The van der Waals surface area contributed by atoms with Gasteiger partial charge in [0.15, 0.2) is 12.4 Å². The van der Waals surface area contributed by atoms with Gasteiger partial charge in [0.2, 0.25) is 0 Å². The Morgan fingerprint density at radius 2 is 2.24 bits per heavy atom. The number of rotatable bonds is 10. The molecule has 0 atom stereocenters. The number of nitrogens with zero attached hydrogens (tertiary/aromatic N) is 1. The van der Waals surface area contributed by atoms with Crippen LogP contribution in [0.5, 0.6) is 11.5 Å². The quantitative estimate of drug-likeness (QED) is 0.386. The maximum absolute atomic E-state index is 11.8. The van der Waals surface area contributed by atoms with E-state index in [0.29, 0.717) is 12.3 Å². The van der Waals surface area contributed by atoms with E-state index in [4.69, 9.17) is 9.47 Å². The highest BCUT2D eigenvalue weighted by molar-refractivity contribution is 7.98. The third kappa shape index (κ3) is 6.28. The second kappa shape index (κ2) is 9.90. The molecular formula is C16H18N2O5S2. The van der Waals surface area contributed by atoms with Crippen molar-refractivity contribution in [1.29, 1.82) is 0 Å². The molecule has 1 amide bonds. The fraction of sp³-hybridized carbons (Fsp3) is 0.312. The molecule has 0 aliphatic heterocycles. The van der Waals surface area contributed by atoms with E-state index in [0.717, 1.165) is 11.5 Å². The van der Waals surface area contributed by atoms with Crippen LogP contribution < -0.4 is 14.8 Å². The predicted octanol–water partition coefficient (Wildman–Crippen LogP) is 3.09. The summed E-state index contributed by atoms with van der Waals surface area (Å²) in [6.07, 6.45) is 0. The summed E-state index contributed by atoms with van der Waals surface area (Å²) in [5.41, 5.74) is -0.237. The van der Waals surface area contributed by atoms with Crippen molar-refractivity contribution in [3.63, 3.8) is 0 Å². The Labute approximate surface area is 153 Å². The molecule has 0 aliphatic rings. The fourth-order valence-corrected chi connectivity index (χ4v) is 3.61. The molecule has 1 N–H and O–H groups in total. The van der Waals surface area contributed by atoms with Crippen LogP contribution in [0.25, 0.3) is 0 Å². The van der Waals surface area contributed by atoms with Crippen LogP contribution in [0, 0.1) is 10.1 Å². The molecule has 2 rings (SSSR count). The van der Waals surface area contributed by atoms with Gasteiger partial charge >= 0.3 is 5.69 Å².